The van der Waals surface area contributed by atoms with Crippen molar-refractivity contribution in [3.8, 4) is 0 Å². The summed E-state index contributed by atoms with van der Waals surface area (Å²) in [6, 6.07) is 1.03. The maximum absolute atomic E-state index is 13.0. The summed E-state index contributed by atoms with van der Waals surface area (Å²) in [6.45, 7) is 4.07. The second-order valence-corrected chi connectivity index (χ2v) is 8.33. The van der Waals surface area contributed by atoms with Crippen LogP contribution < -0.4 is 16.0 Å². The lowest BCUT2D eigenvalue weighted by molar-refractivity contribution is -0.143. The van der Waals surface area contributed by atoms with Crippen LogP contribution in [0.3, 0.4) is 0 Å². The number of halogens is 6. The highest BCUT2D eigenvalue weighted by atomic mass is 19.4. The summed E-state index contributed by atoms with van der Waals surface area (Å²) in [5.41, 5.74) is -3.73. The number of alkyl halides is 6. The highest BCUT2D eigenvalue weighted by molar-refractivity contribution is 5.94. The lowest BCUT2D eigenvalue weighted by Crippen LogP contribution is -2.43. The van der Waals surface area contributed by atoms with Gasteiger partial charge in [0.1, 0.15) is 0 Å². The summed E-state index contributed by atoms with van der Waals surface area (Å²) in [4.78, 5) is 24.0. The van der Waals surface area contributed by atoms with Crippen LogP contribution in [-0.4, -0.2) is 37.0 Å². The Morgan fingerprint density at radius 3 is 1.94 bits per heavy atom. The number of amides is 2. The smallest absolute Gasteiger partial charge is 0.353 e. The van der Waals surface area contributed by atoms with E-state index in [1.807, 2.05) is 13.8 Å². The van der Waals surface area contributed by atoms with E-state index in [-0.39, 0.29) is 43.1 Å². The largest absolute Gasteiger partial charge is 0.416 e. The molecule has 0 saturated heterocycles. The molecule has 5 nitrogen and oxygen atoms in total. The Bertz CT molecular complexity index is 767. The average Bonchev–Trinajstić information content (AvgIpc) is 2.69. The fourth-order valence-electron chi connectivity index (χ4n) is 3.61. The molecular weight excluding hydrogens is 440 g/mol. The highest BCUT2D eigenvalue weighted by Gasteiger charge is 2.37. The van der Waals surface area contributed by atoms with E-state index in [2.05, 4.69) is 16.0 Å². The van der Waals surface area contributed by atoms with Crippen LogP contribution in [0, 0.1) is 5.92 Å². The van der Waals surface area contributed by atoms with Gasteiger partial charge in [-0.15, -0.1) is 0 Å². The molecule has 1 aliphatic carbocycles. The molecule has 1 aromatic rings. The third-order valence-electron chi connectivity index (χ3n) is 5.25. The van der Waals surface area contributed by atoms with Crippen molar-refractivity contribution in [3.05, 3.63) is 34.9 Å². The lowest BCUT2D eigenvalue weighted by Gasteiger charge is -2.29. The molecule has 2 rings (SSSR count). The second kappa shape index (κ2) is 10.5. The Labute approximate surface area is 182 Å². The van der Waals surface area contributed by atoms with E-state index in [4.69, 9.17) is 0 Å². The van der Waals surface area contributed by atoms with Crippen LogP contribution in [0.4, 0.5) is 26.3 Å². The number of benzene rings is 1. The van der Waals surface area contributed by atoms with Gasteiger partial charge in [-0.1, -0.05) is 0 Å². The number of hydrogen-bond donors (Lipinski definition) is 3. The fourth-order valence-corrected chi connectivity index (χ4v) is 3.61. The van der Waals surface area contributed by atoms with E-state index in [0.29, 0.717) is 25.0 Å². The molecule has 1 aromatic carbocycles. The van der Waals surface area contributed by atoms with Crippen molar-refractivity contribution in [2.24, 2.45) is 5.92 Å². The van der Waals surface area contributed by atoms with Crippen LogP contribution in [-0.2, 0) is 17.1 Å². The van der Waals surface area contributed by atoms with Gasteiger partial charge in [-0.25, -0.2) is 0 Å². The topological polar surface area (TPSA) is 70.2 Å². The molecule has 11 heteroatoms. The van der Waals surface area contributed by atoms with Gasteiger partial charge in [0.15, 0.2) is 0 Å². The van der Waals surface area contributed by atoms with Gasteiger partial charge in [0.25, 0.3) is 5.91 Å². The normalized spacial score (nSPS) is 19.7. The van der Waals surface area contributed by atoms with Gasteiger partial charge in [-0.3, -0.25) is 9.59 Å². The lowest BCUT2D eigenvalue weighted by atomic mass is 9.86. The number of nitrogens with one attached hydrogen (secondary N) is 3. The second-order valence-electron chi connectivity index (χ2n) is 8.33. The number of rotatable bonds is 7. The van der Waals surface area contributed by atoms with Gasteiger partial charge >= 0.3 is 12.4 Å². The van der Waals surface area contributed by atoms with Crippen LogP contribution in [0.5, 0.6) is 0 Å². The van der Waals surface area contributed by atoms with Crippen molar-refractivity contribution in [2.75, 3.05) is 13.1 Å². The molecule has 0 heterocycles. The Morgan fingerprint density at radius 1 is 0.938 bits per heavy atom. The molecule has 0 radical (unpaired) electrons. The zero-order valence-corrected chi connectivity index (χ0v) is 17.8. The average molecular weight is 467 g/mol. The molecule has 0 aliphatic heterocycles. The van der Waals surface area contributed by atoms with Crippen molar-refractivity contribution in [3.63, 3.8) is 0 Å². The molecule has 0 unspecified atom stereocenters. The molecule has 180 valence electrons. The summed E-state index contributed by atoms with van der Waals surface area (Å²) >= 11 is 0. The molecular formula is C21H27F6N3O2. The van der Waals surface area contributed by atoms with E-state index >= 15 is 0 Å². The predicted molar refractivity (Wildman–Crippen MR) is 106 cm³/mol. The first-order chi connectivity index (χ1) is 14.8. The van der Waals surface area contributed by atoms with Crippen LogP contribution in [0.2, 0.25) is 0 Å². The molecule has 0 atom stereocenters. The molecule has 1 aliphatic rings. The summed E-state index contributed by atoms with van der Waals surface area (Å²) < 4.78 is 77.7. The standard InChI is InChI=1S/C21H27F6N3O2/c1-12(2)30-18(31)11-28-17-5-3-13(4-6-17)10-29-19(32)14-7-15(20(22,23)24)9-16(8-14)21(25,26)27/h7-9,12-13,17,28H,3-6,10-11H2,1-2H3,(H,29,32)(H,30,31)/t13-,17-. The first-order valence-electron chi connectivity index (χ1n) is 10.4. The highest BCUT2D eigenvalue weighted by Crippen LogP contribution is 2.36. The molecule has 1 saturated carbocycles. The van der Waals surface area contributed by atoms with Crippen LogP contribution in [0.25, 0.3) is 0 Å². The predicted octanol–water partition coefficient (Wildman–Crippen LogP) is 4.13. The van der Waals surface area contributed by atoms with E-state index in [1.54, 1.807) is 0 Å². The van der Waals surface area contributed by atoms with Crippen molar-refractivity contribution in [1.29, 1.82) is 0 Å². The Kier molecular flexibility index (Phi) is 8.55. The van der Waals surface area contributed by atoms with Gasteiger partial charge in [0.05, 0.1) is 17.7 Å². The van der Waals surface area contributed by atoms with E-state index in [9.17, 15) is 35.9 Å². The minimum atomic E-state index is -5.01. The van der Waals surface area contributed by atoms with Crippen LogP contribution >= 0.6 is 0 Å². The number of carbonyl (C=O) groups excluding carboxylic acids is 2. The van der Waals surface area contributed by atoms with Gasteiger partial charge in [0, 0.05) is 24.2 Å². The Morgan fingerprint density at radius 2 is 1.47 bits per heavy atom. The minimum absolute atomic E-state index is 0.00745. The van der Waals surface area contributed by atoms with Gasteiger partial charge in [0.2, 0.25) is 5.91 Å². The van der Waals surface area contributed by atoms with Crippen LogP contribution in [0.1, 0.15) is 61.0 Å². The van der Waals surface area contributed by atoms with Crippen molar-refractivity contribution < 1.29 is 35.9 Å². The third kappa shape index (κ3) is 7.99. The minimum Gasteiger partial charge on any atom is -0.353 e. The van der Waals surface area contributed by atoms with Gasteiger partial charge in [-0.2, -0.15) is 26.3 Å². The monoisotopic (exact) mass is 467 g/mol. The molecule has 3 N–H and O–H groups in total. The summed E-state index contributed by atoms with van der Waals surface area (Å²) in [5, 5.41) is 8.40. The Balaban J connectivity index is 1.89. The zero-order chi connectivity index (χ0) is 24.1. The quantitative estimate of drug-likeness (QED) is 0.529. The molecule has 1 fully saturated rings. The number of carbonyl (C=O) groups is 2. The summed E-state index contributed by atoms with van der Waals surface area (Å²) in [5.74, 6) is -1.03. The fraction of sp³-hybridized carbons (Fsp3) is 0.619. The number of hydrogen-bond acceptors (Lipinski definition) is 3. The molecule has 0 spiro atoms. The first-order valence-corrected chi connectivity index (χ1v) is 10.4. The molecule has 0 aromatic heterocycles. The van der Waals surface area contributed by atoms with Crippen molar-refractivity contribution in [1.82, 2.24) is 16.0 Å². The van der Waals surface area contributed by atoms with Crippen molar-refractivity contribution in [2.45, 2.75) is 64.0 Å². The Hall–Kier alpha value is -2.30. The summed E-state index contributed by atoms with van der Waals surface area (Å²) in [7, 11) is 0. The van der Waals surface area contributed by atoms with E-state index < -0.39 is 35.0 Å². The summed E-state index contributed by atoms with van der Waals surface area (Å²) in [6.07, 6.45) is -7.10. The maximum atomic E-state index is 13.0. The zero-order valence-electron chi connectivity index (χ0n) is 17.8. The first kappa shape index (κ1) is 26.0. The molecule has 32 heavy (non-hydrogen) atoms. The van der Waals surface area contributed by atoms with E-state index in [1.165, 1.54) is 0 Å². The molecule has 0 bridgehead atoms. The third-order valence-corrected chi connectivity index (χ3v) is 5.25. The van der Waals surface area contributed by atoms with E-state index in [0.717, 1.165) is 12.8 Å². The van der Waals surface area contributed by atoms with Gasteiger partial charge in [-0.05, 0) is 63.6 Å². The SMILES string of the molecule is CC(C)NC(=O)CN[C@H]1CC[C@H](CNC(=O)c2cc(C(F)(F)F)cc(C(F)(F)F)c2)CC1. The van der Waals surface area contributed by atoms with Gasteiger partial charge < -0.3 is 16.0 Å². The van der Waals surface area contributed by atoms with Crippen molar-refractivity contribution >= 4 is 11.8 Å². The molecule has 2 amide bonds. The maximum Gasteiger partial charge on any atom is 0.416 e. The van der Waals surface area contributed by atoms with Crippen LogP contribution in [0.15, 0.2) is 18.2 Å².